The third kappa shape index (κ3) is 4.33. The normalized spacial score (nSPS) is 21.0. The first kappa shape index (κ1) is 30.2. The lowest BCUT2D eigenvalue weighted by atomic mass is 9.86. The van der Waals surface area contributed by atoms with Crippen molar-refractivity contribution in [3.05, 3.63) is 46.5 Å². The van der Waals surface area contributed by atoms with Gasteiger partial charge in [-0.2, -0.15) is 0 Å². The first-order valence-electron chi connectivity index (χ1n) is 15.1. The van der Waals surface area contributed by atoms with Crippen LogP contribution in [0.1, 0.15) is 62.2 Å². The lowest BCUT2D eigenvalue weighted by molar-refractivity contribution is -0.00672. The summed E-state index contributed by atoms with van der Waals surface area (Å²) in [5.41, 5.74) is 5.86. The van der Waals surface area contributed by atoms with E-state index in [-0.39, 0.29) is 24.4 Å². The van der Waals surface area contributed by atoms with Gasteiger partial charge in [-0.15, -0.1) is 0 Å². The highest BCUT2D eigenvalue weighted by Crippen LogP contribution is 2.56. The molecule has 0 N–H and O–H groups in total. The quantitative estimate of drug-likeness (QED) is 0.213. The van der Waals surface area contributed by atoms with Crippen molar-refractivity contribution in [3.63, 3.8) is 0 Å². The van der Waals surface area contributed by atoms with Crippen LogP contribution in [-0.4, -0.2) is 54.9 Å². The van der Waals surface area contributed by atoms with Crippen molar-refractivity contribution in [1.29, 1.82) is 0 Å². The fourth-order valence-corrected chi connectivity index (χ4v) is 7.62. The Balaban J connectivity index is 1.71. The minimum atomic E-state index is -0.180. The van der Waals surface area contributed by atoms with Gasteiger partial charge in [-0.3, -0.25) is 0 Å². The van der Waals surface area contributed by atoms with Gasteiger partial charge in [-0.05, 0) is 52.0 Å². The third-order valence-corrected chi connectivity index (χ3v) is 9.13. The molecule has 0 saturated heterocycles. The molecule has 0 aliphatic carbocycles. The molecule has 234 valence electrons. The summed E-state index contributed by atoms with van der Waals surface area (Å²) in [6, 6.07) is 8.26. The van der Waals surface area contributed by atoms with Gasteiger partial charge in [0.1, 0.15) is 34.5 Å². The fraction of sp³-hybridized carbons (Fsp3) is 0.444. The maximum Gasteiger partial charge on any atom is 0.138 e. The van der Waals surface area contributed by atoms with Gasteiger partial charge in [0.25, 0.3) is 0 Å². The van der Waals surface area contributed by atoms with Crippen molar-refractivity contribution in [1.82, 2.24) is 0 Å². The van der Waals surface area contributed by atoms with E-state index in [2.05, 4.69) is 52.0 Å². The summed E-state index contributed by atoms with van der Waals surface area (Å²) in [6.07, 6.45) is 1.21. The van der Waals surface area contributed by atoms with Gasteiger partial charge >= 0.3 is 0 Å². The van der Waals surface area contributed by atoms with Gasteiger partial charge in [0, 0.05) is 57.0 Å². The molecule has 8 heteroatoms. The van der Waals surface area contributed by atoms with E-state index in [0.717, 1.165) is 90.8 Å². The van der Waals surface area contributed by atoms with Crippen molar-refractivity contribution in [2.75, 3.05) is 42.7 Å². The average molecular weight is 603 g/mol. The molecule has 0 fully saturated rings. The molecule has 44 heavy (non-hydrogen) atoms. The highest BCUT2D eigenvalue weighted by Gasteiger charge is 2.35. The predicted octanol–water partition coefficient (Wildman–Crippen LogP) is 7.76. The van der Waals surface area contributed by atoms with E-state index in [9.17, 15) is 0 Å². The number of methoxy groups -OCH3 is 6. The first-order chi connectivity index (χ1) is 21.2. The van der Waals surface area contributed by atoms with Crippen molar-refractivity contribution in [3.8, 4) is 45.6 Å². The molecule has 6 rings (SSSR count). The molecule has 2 aliphatic rings. The molecule has 0 unspecified atom stereocenters. The van der Waals surface area contributed by atoms with Crippen LogP contribution in [0.15, 0.2) is 24.3 Å². The Morgan fingerprint density at radius 2 is 0.818 bits per heavy atom. The fourth-order valence-electron chi connectivity index (χ4n) is 7.62. The van der Waals surface area contributed by atoms with Gasteiger partial charge in [-0.25, -0.2) is 0 Å². The lowest BCUT2D eigenvalue weighted by Gasteiger charge is -2.33. The maximum atomic E-state index is 6.25. The van der Waals surface area contributed by atoms with E-state index in [0.29, 0.717) is 11.5 Å². The SMILES string of the molecule is COc1c2c(c(OC)c3c(OC)c(-c4ccc5c(OC)c6c(c(OC)c5c4OC)[C@@H](C)O[C@@H](C)C6)ccc13)[C@H](C)O[C@@H](C)C2. The predicted molar refractivity (Wildman–Crippen MR) is 172 cm³/mol. The summed E-state index contributed by atoms with van der Waals surface area (Å²) in [6.45, 7) is 8.27. The smallest absolute Gasteiger partial charge is 0.138 e. The molecule has 0 amide bonds. The van der Waals surface area contributed by atoms with Crippen molar-refractivity contribution >= 4 is 21.5 Å². The molecule has 0 bridgehead atoms. The zero-order valence-corrected chi connectivity index (χ0v) is 27.3. The van der Waals surface area contributed by atoms with Crippen molar-refractivity contribution in [2.24, 2.45) is 0 Å². The molecular weight excluding hydrogens is 560 g/mol. The molecule has 0 aromatic heterocycles. The Bertz CT molecular complexity index is 1630. The Hall–Kier alpha value is -3.88. The standard InChI is InChI=1S/C36H42O8/c1-17-15-25-27(19(3)43-17)35(41-9)29-23(31(25)37-5)13-11-21(33(29)39-7)22-12-14-24-30(34(22)40-8)36(42-10)28-20(4)44-18(2)16-26(28)32(24)38-6/h11-14,17-20H,15-16H2,1-10H3/t17-,18-,19-,20+/m0/s1. The van der Waals surface area contributed by atoms with Crippen LogP contribution in [0.2, 0.25) is 0 Å². The van der Waals surface area contributed by atoms with Gasteiger partial charge in [-0.1, -0.05) is 0 Å². The minimum Gasteiger partial charge on any atom is -0.496 e. The molecule has 2 heterocycles. The number of benzene rings is 4. The summed E-state index contributed by atoms with van der Waals surface area (Å²) in [4.78, 5) is 0. The maximum absolute atomic E-state index is 6.25. The van der Waals surface area contributed by atoms with Gasteiger partial charge in [0.15, 0.2) is 0 Å². The second-order valence-corrected chi connectivity index (χ2v) is 11.6. The Morgan fingerprint density at radius 3 is 1.14 bits per heavy atom. The Labute approximate surface area is 259 Å². The summed E-state index contributed by atoms with van der Waals surface area (Å²) in [7, 11) is 10.2. The number of ether oxygens (including phenoxy) is 8. The molecule has 2 aliphatic heterocycles. The number of hydrogen-bond donors (Lipinski definition) is 0. The summed E-state index contributed by atoms with van der Waals surface area (Å²) >= 11 is 0. The zero-order chi connectivity index (χ0) is 31.4. The van der Waals surface area contributed by atoms with E-state index in [1.807, 2.05) is 0 Å². The van der Waals surface area contributed by atoms with Crippen LogP contribution < -0.4 is 28.4 Å². The van der Waals surface area contributed by atoms with Crippen LogP contribution in [0.3, 0.4) is 0 Å². The van der Waals surface area contributed by atoms with E-state index in [1.54, 1.807) is 42.7 Å². The van der Waals surface area contributed by atoms with Gasteiger partial charge < -0.3 is 37.9 Å². The minimum absolute atomic E-state index is 0.0608. The van der Waals surface area contributed by atoms with Crippen LogP contribution in [0, 0.1) is 0 Å². The topological polar surface area (TPSA) is 73.8 Å². The highest BCUT2D eigenvalue weighted by atomic mass is 16.5. The van der Waals surface area contributed by atoms with Crippen LogP contribution in [0.25, 0.3) is 32.7 Å². The lowest BCUT2D eigenvalue weighted by Crippen LogP contribution is -2.23. The van der Waals surface area contributed by atoms with Crippen molar-refractivity contribution < 1.29 is 37.9 Å². The summed E-state index contributed by atoms with van der Waals surface area (Å²) in [5, 5.41) is 3.47. The molecule has 8 nitrogen and oxygen atoms in total. The average Bonchev–Trinajstić information content (AvgIpc) is 3.01. The molecule has 0 saturated carbocycles. The van der Waals surface area contributed by atoms with E-state index in [4.69, 9.17) is 37.9 Å². The van der Waals surface area contributed by atoms with Crippen LogP contribution in [-0.2, 0) is 22.3 Å². The Morgan fingerprint density at radius 1 is 0.477 bits per heavy atom. The largest absolute Gasteiger partial charge is 0.496 e. The first-order valence-corrected chi connectivity index (χ1v) is 15.1. The molecule has 0 radical (unpaired) electrons. The highest BCUT2D eigenvalue weighted by molar-refractivity contribution is 6.08. The summed E-state index contributed by atoms with van der Waals surface area (Å²) in [5.74, 6) is 4.38. The van der Waals surface area contributed by atoms with Crippen LogP contribution >= 0.6 is 0 Å². The van der Waals surface area contributed by atoms with E-state index in [1.165, 1.54) is 0 Å². The number of hydrogen-bond acceptors (Lipinski definition) is 8. The second kappa shape index (κ2) is 11.6. The summed E-state index contributed by atoms with van der Waals surface area (Å²) < 4.78 is 49.4. The molecular formula is C36H42O8. The monoisotopic (exact) mass is 602 g/mol. The number of fused-ring (bicyclic) bond motifs is 4. The second-order valence-electron chi connectivity index (χ2n) is 11.6. The Kier molecular flexibility index (Phi) is 7.92. The van der Waals surface area contributed by atoms with E-state index < -0.39 is 0 Å². The molecule has 4 atom stereocenters. The molecule has 0 spiro atoms. The van der Waals surface area contributed by atoms with Gasteiger partial charge in [0.05, 0.1) is 77.8 Å². The molecule has 4 aromatic carbocycles. The van der Waals surface area contributed by atoms with E-state index >= 15 is 0 Å². The van der Waals surface area contributed by atoms with Crippen LogP contribution in [0.4, 0.5) is 0 Å². The van der Waals surface area contributed by atoms with Gasteiger partial charge in [0.2, 0.25) is 0 Å². The zero-order valence-electron chi connectivity index (χ0n) is 27.3. The van der Waals surface area contributed by atoms with Crippen molar-refractivity contribution in [2.45, 2.75) is 65.0 Å². The number of rotatable bonds is 7. The third-order valence-electron chi connectivity index (χ3n) is 9.13. The molecule has 4 aromatic rings. The van der Waals surface area contributed by atoms with Crippen LogP contribution in [0.5, 0.6) is 34.5 Å².